The van der Waals surface area contributed by atoms with E-state index in [0.29, 0.717) is 0 Å². The zero-order chi connectivity index (χ0) is 54.3. The molecule has 0 atom stereocenters. The van der Waals surface area contributed by atoms with Crippen LogP contribution in [0.25, 0.3) is 32.3 Å². The molecule has 7 aromatic carbocycles. The Kier molecular flexibility index (Phi) is 10.9. The SMILES string of the molecule is Cc1cc2c3c(c1)N(c1ccc4c(c1)C(C)(C)CCC4(C)C)c1c(sc4cc5c(cc14)C(C)(C)CCC5(C)C)B3c1ccc(-c3ccc(C(C)(C)C)cc3)cc1N2c1cc2c(cc1-c1ccccc1)C(C)(C)CCC2(C)C. The molecule has 0 radical (unpaired) electrons. The number of fused-ring (bicyclic) bond motifs is 9. The Morgan fingerprint density at radius 3 is 1.56 bits per heavy atom. The van der Waals surface area contributed by atoms with Crippen LogP contribution in [0.15, 0.2) is 127 Å². The van der Waals surface area contributed by atoms with Crippen molar-refractivity contribution >= 4 is 78.0 Å². The van der Waals surface area contributed by atoms with Gasteiger partial charge in [0, 0.05) is 43.2 Å². The average Bonchev–Trinajstić information content (AvgIpc) is 3.76. The lowest BCUT2D eigenvalue weighted by Gasteiger charge is -2.46. The fraction of sp³-hybridized carbons (Fsp3) is 0.397. The second kappa shape index (κ2) is 16.6. The number of benzene rings is 7. The number of anilines is 6. The van der Waals surface area contributed by atoms with Crippen LogP contribution in [0.5, 0.6) is 0 Å². The van der Waals surface area contributed by atoms with Gasteiger partial charge < -0.3 is 9.80 Å². The van der Waals surface area contributed by atoms with Gasteiger partial charge in [-0.1, -0.05) is 177 Å². The van der Waals surface area contributed by atoms with Gasteiger partial charge in [0.15, 0.2) is 0 Å². The summed E-state index contributed by atoms with van der Waals surface area (Å²) in [6.07, 6.45) is 7.07. The van der Waals surface area contributed by atoms with E-state index in [4.69, 9.17) is 0 Å². The Labute approximate surface area is 466 Å². The second-order valence-electron chi connectivity index (χ2n) is 29.4. The molecule has 77 heavy (non-hydrogen) atoms. The minimum atomic E-state index is 0.0124. The molecule has 13 rings (SSSR count). The molecule has 392 valence electrons. The summed E-state index contributed by atoms with van der Waals surface area (Å²) in [4.78, 5) is 5.50. The second-order valence-corrected chi connectivity index (χ2v) is 30.5. The molecule has 8 aromatic rings. The lowest BCUT2D eigenvalue weighted by molar-refractivity contribution is 0.332. The largest absolute Gasteiger partial charge is 0.311 e. The van der Waals surface area contributed by atoms with Gasteiger partial charge in [-0.05, 0) is 210 Å². The van der Waals surface area contributed by atoms with E-state index in [0.717, 1.165) is 6.42 Å². The monoisotopic (exact) mass is 1030 g/mol. The highest BCUT2D eigenvalue weighted by Crippen LogP contribution is 2.57. The Morgan fingerprint density at radius 2 is 0.961 bits per heavy atom. The Bertz CT molecular complexity index is 3760. The summed E-state index contributed by atoms with van der Waals surface area (Å²) < 4.78 is 2.85. The Morgan fingerprint density at radius 1 is 0.442 bits per heavy atom. The molecule has 3 heterocycles. The van der Waals surface area contributed by atoms with Gasteiger partial charge in [-0.2, -0.15) is 0 Å². The van der Waals surface area contributed by atoms with E-state index in [-0.39, 0.29) is 44.6 Å². The molecule has 0 bridgehead atoms. The van der Waals surface area contributed by atoms with Gasteiger partial charge in [-0.25, -0.2) is 0 Å². The molecule has 5 aliphatic rings. The quantitative estimate of drug-likeness (QED) is 0.162. The predicted molar refractivity (Wildman–Crippen MR) is 336 cm³/mol. The van der Waals surface area contributed by atoms with Gasteiger partial charge in [0.1, 0.15) is 0 Å². The molecular weight excluding hydrogens is 948 g/mol. The molecule has 0 amide bonds. The molecule has 0 saturated heterocycles. The summed E-state index contributed by atoms with van der Waals surface area (Å²) in [5.41, 5.74) is 27.7. The van der Waals surface area contributed by atoms with Crippen LogP contribution in [0.2, 0.25) is 0 Å². The van der Waals surface area contributed by atoms with E-state index in [1.165, 1.54) is 159 Å². The highest BCUT2D eigenvalue weighted by molar-refractivity contribution is 7.33. The number of hydrogen-bond donors (Lipinski definition) is 0. The van der Waals surface area contributed by atoms with Gasteiger partial charge >= 0.3 is 0 Å². The minimum absolute atomic E-state index is 0.0124. The third-order valence-electron chi connectivity index (χ3n) is 20.3. The molecule has 2 aliphatic heterocycles. The summed E-state index contributed by atoms with van der Waals surface area (Å²) in [6.45, 7) is 39.1. The van der Waals surface area contributed by atoms with Crippen molar-refractivity contribution < 1.29 is 0 Å². The zero-order valence-electron chi connectivity index (χ0n) is 49.2. The lowest BCUT2D eigenvalue weighted by atomic mass is 9.36. The molecule has 0 unspecified atom stereocenters. The van der Waals surface area contributed by atoms with Crippen LogP contribution in [0.3, 0.4) is 0 Å². The van der Waals surface area contributed by atoms with E-state index in [2.05, 4.69) is 259 Å². The van der Waals surface area contributed by atoms with Crippen molar-refractivity contribution in [2.24, 2.45) is 0 Å². The van der Waals surface area contributed by atoms with E-state index in [9.17, 15) is 0 Å². The first-order valence-corrected chi connectivity index (χ1v) is 30.0. The summed E-state index contributed by atoms with van der Waals surface area (Å²) >= 11 is 2.07. The first kappa shape index (κ1) is 50.7. The number of nitrogens with zero attached hydrogens (tertiary/aromatic N) is 2. The van der Waals surface area contributed by atoms with Crippen LogP contribution in [0.4, 0.5) is 34.1 Å². The first-order valence-electron chi connectivity index (χ1n) is 29.2. The van der Waals surface area contributed by atoms with Crippen molar-refractivity contribution in [3.05, 3.63) is 172 Å². The molecule has 1 aromatic heterocycles. The summed E-state index contributed by atoms with van der Waals surface area (Å²) in [5, 5.41) is 1.39. The molecule has 0 saturated carbocycles. The van der Waals surface area contributed by atoms with Gasteiger partial charge in [0.05, 0.1) is 11.4 Å². The standard InChI is InChI=1S/C73H81BN2S/c1-44-36-61-64-62(37-44)76(59-42-56-54(70(9,10)32-34-72(56,13)14)40-50(59)46-20-18-17-19-21-46)60-38-47(45-22-25-48(26-23-45)67(2,3)4)24-29-58(60)74(64)66-65(51-41-55-57(43-63(51)77-66)73(15,16)35-33-71(55,11)12)75(61)49-27-28-52-53(39-49)69(7,8)31-30-68(52,5)6/h17-29,36-43H,30-35H2,1-16H3. The van der Waals surface area contributed by atoms with Crippen LogP contribution in [-0.2, 0) is 37.9 Å². The lowest BCUT2D eigenvalue weighted by Crippen LogP contribution is -2.60. The van der Waals surface area contributed by atoms with Crippen molar-refractivity contribution in [1.82, 2.24) is 0 Å². The normalized spacial score (nSPS) is 19.7. The maximum absolute atomic E-state index is 2.76. The molecule has 3 aliphatic carbocycles. The highest BCUT2D eigenvalue weighted by atomic mass is 32.1. The molecule has 0 fully saturated rings. The third kappa shape index (κ3) is 7.75. The zero-order valence-corrected chi connectivity index (χ0v) is 50.1. The summed E-state index contributed by atoms with van der Waals surface area (Å²) in [7, 11) is 0. The van der Waals surface area contributed by atoms with E-state index in [1.807, 2.05) is 0 Å². The average molecular weight is 1030 g/mol. The molecular formula is C73H81BN2S. The van der Waals surface area contributed by atoms with E-state index >= 15 is 0 Å². The van der Waals surface area contributed by atoms with Crippen molar-refractivity contribution in [3.63, 3.8) is 0 Å². The van der Waals surface area contributed by atoms with Crippen LogP contribution >= 0.6 is 11.3 Å². The molecule has 0 N–H and O–H groups in total. The Balaban J connectivity index is 1.16. The molecule has 0 spiro atoms. The van der Waals surface area contributed by atoms with Crippen molar-refractivity contribution in [2.75, 3.05) is 9.80 Å². The summed E-state index contributed by atoms with van der Waals surface area (Å²) in [5.74, 6) is 0. The van der Waals surface area contributed by atoms with Crippen LogP contribution in [0.1, 0.15) is 187 Å². The number of thiophene rings is 1. The highest BCUT2D eigenvalue weighted by Gasteiger charge is 2.48. The topological polar surface area (TPSA) is 6.48 Å². The van der Waals surface area contributed by atoms with Gasteiger partial charge in [-0.15, -0.1) is 11.3 Å². The maximum Gasteiger partial charge on any atom is 0.264 e. The predicted octanol–water partition coefficient (Wildman–Crippen LogP) is 19.0. The minimum Gasteiger partial charge on any atom is -0.311 e. The van der Waals surface area contributed by atoms with E-state index < -0.39 is 0 Å². The van der Waals surface area contributed by atoms with E-state index in [1.54, 1.807) is 0 Å². The van der Waals surface area contributed by atoms with Crippen LogP contribution in [-0.4, -0.2) is 6.71 Å². The molecule has 4 heteroatoms. The smallest absolute Gasteiger partial charge is 0.264 e. The first-order chi connectivity index (χ1) is 36.2. The third-order valence-corrected chi connectivity index (χ3v) is 21.5. The van der Waals surface area contributed by atoms with Gasteiger partial charge in [0.2, 0.25) is 0 Å². The summed E-state index contributed by atoms with van der Waals surface area (Å²) in [6, 6.07) is 51.5. The number of rotatable bonds is 4. The van der Waals surface area contributed by atoms with Crippen molar-refractivity contribution in [3.8, 4) is 22.3 Å². The van der Waals surface area contributed by atoms with Crippen molar-refractivity contribution in [1.29, 1.82) is 0 Å². The fourth-order valence-corrected chi connectivity index (χ4v) is 16.2. The Hall–Kier alpha value is -5.84. The van der Waals surface area contributed by atoms with Gasteiger partial charge in [0.25, 0.3) is 6.71 Å². The fourth-order valence-electron chi connectivity index (χ4n) is 14.9. The van der Waals surface area contributed by atoms with Crippen LogP contribution in [0, 0.1) is 6.92 Å². The maximum atomic E-state index is 2.76. The van der Waals surface area contributed by atoms with Crippen molar-refractivity contribution in [2.45, 2.75) is 187 Å². The number of hydrogen-bond acceptors (Lipinski definition) is 3. The van der Waals surface area contributed by atoms with Crippen LogP contribution < -0.4 is 25.5 Å². The molecule has 2 nitrogen and oxygen atoms in total. The number of aryl methyl sites for hydroxylation is 1. The van der Waals surface area contributed by atoms with Gasteiger partial charge in [-0.3, -0.25) is 0 Å².